The molecule has 2 rings (SSSR count). The lowest BCUT2D eigenvalue weighted by atomic mass is 10.3. The van der Waals surface area contributed by atoms with Gasteiger partial charge in [-0.15, -0.1) is 0 Å². The van der Waals surface area contributed by atoms with Crippen LogP contribution in [0.1, 0.15) is 0 Å². The number of ether oxygens (including phenoxy) is 1. The summed E-state index contributed by atoms with van der Waals surface area (Å²) in [5.74, 6) is 0.739. The van der Waals surface area contributed by atoms with E-state index in [1.807, 2.05) is 11.9 Å². The van der Waals surface area contributed by atoms with Gasteiger partial charge in [0.05, 0.1) is 12.8 Å². The Morgan fingerprint density at radius 2 is 1.80 bits per heavy atom. The van der Waals surface area contributed by atoms with E-state index >= 15 is 0 Å². The lowest BCUT2D eigenvalue weighted by Crippen LogP contribution is -2.52. The van der Waals surface area contributed by atoms with Gasteiger partial charge in [0.25, 0.3) is 0 Å². The molecule has 0 bridgehead atoms. The number of hydrogen-bond acceptors (Lipinski definition) is 5. The van der Waals surface area contributed by atoms with Crippen molar-refractivity contribution in [2.24, 2.45) is 0 Å². The van der Waals surface area contributed by atoms with Crippen LogP contribution in [0.4, 0.5) is 0 Å². The number of benzene rings is 1. The lowest BCUT2D eigenvalue weighted by Gasteiger charge is -2.34. The van der Waals surface area contributed by atoms with Crippen molar-refractivity contribution in [1.29, 1.82) is 0 Å². The Labute approximate surface area is 154 Å². The molecule has 0 aromatic heterocycles. The maximum atomic E-state index is 12.3. The molecule has 7 nitrogen and oxygen atoms in total. The van der Waals surface area contributed by atoms with Crippen molar-refractivity contribution < 1.29 is 17.9 Å². The fraction of sp³-hybridized carbons (Fsp3) is 0.562. The Kier molecular flexibility index (Phi) is 7.06. The molecule has 1 aliphatic rings. The van der Waals surface area contributed by atoms with E-state index in [0.717, 1.165) is 5.75 Å². The zero-order chi connectivity index (χ0) is 18.4. The maximum absolute atomic E-state index is 12.3. The minimum absolute atomic E-state index is 0.00199. The van der Waals surface area contributed by atoms with Crippen molar-refractivity contribution in [3.05, 3.63) is 29.3 Å². The Hall–Kier alpha value is -1.35. The van der Waals surface area contributed by atoms with Crippen LogP contribution >= 0.6 is 11.6 Å². The summed E-state index contributed by atoms with van der Waals surface area (Å²) >= 11 is 5.82. The number of likely N-dealkylation sites (N-methyl/N-ethyl adjacent to an activating group) is 1. The quantitative estimate of drug-likeness (QED) is 0.688. The Balaban J connectivity index is 1.69. The van der Waals surface area contributed by atoms with Crippen molar-refractivity contribution in [1.82, 2.24) is 14.1 Å². The molecule has 1 aromatic carbocycles. The summed E-state index contributed by atoms with van der Waals surface area (Å²) < 4.78 is 30.0. The number of carbonyl (C=O) groups excluding carboxylic acids is 1. The second kappa shape index (κ2) is 8.84. The Bertz CT molecular complexity index is 673. The highest BCUT2D eigenvalue weighted by Gasteiger charge is 2.26. The number of sulfonamides is 1. The molecule has 0 N–H and O–H groups in total. The molecule has 1 saturated heterocycles. The highest BCUT2D eigenvalue weighted by molar-refractivity contribution is 7.88. The van der Waals surface area contributed by atoms with Crippen molar-refractivity contribution in [3.8, 4) is 5.75 Å². The normalized spacial score (nSPS) is 16.2. The maximum Gasteiger partial charge on any atom is 0.236 e. The molecule has 25 heavy (non-hydrogen) atoms. The van der Waals surface area contributed by atoms with Gasteiger partial charge < -0.3 is 9.64 Å². The topological polar surface area (TPSA) is 70.2 Å². The number of amides is 1. The van der Waals surface area contributed by atoms with E-state index < -0.39 is 10.0 Å². The van der Waals surface area contributed by atoms with Crippen LogP contribution < -0.4 is 4.74 Å². The Morgan fingerprint density at radius 3 is 2.36 bits per heavy atom. The average Bonchev–Trinajstić information content (AvgIpc) is 2.56. The van der Waals surface area contributed by atoms with Gasteiger partial charge in [-0.2, -0.15) is 4.31 Å². The van der Waals surface area contributed by atoms with Crippen LogP contribution in [0.25, 0.3) is 0 Å². The lowest BCUT2D eigenvalue weighted by molar-refractivity contribution is -0.133. The molecule has 140 valence electrons. The zero-order valence-electron chi connectivity index (χ0n) is 14.5. The van der Waals surface area contributed by atoms with Crippen LogP contribution in [-0.2, 0) is 14.8 Å². The molecule has 0 unspecified atom stereocenters. The predicted octanol–water partition coefficient (Wildman–Crippen LogP) is 0.754. The van der Waals surface area contributed by atoms with E-state index in [1.54, 1.807) is 29.2 Å². The third-order valence-corrected chi connectivity index (χ3v) is 5.58. The third kappa shape index (κ3) is 6.47. The van der Waals surface area contributed by atoms with Gasteiger partial charge in [-0.25, -0.2) is 8.42 Å². The van der Waals surface area contributed by atoms with E-state index in [0.29, 0.717) is 44.4 Å². The molecule has 0 saturated carbocycles. The van der Waals surface area contributed by atoms with Gasteiger partial charge in [-0.3, -0.25) is 9.69 Å². The number of hydrogen-bond donors (Lipinski definition) is 0. The van der Waals surface area contributed by atoms with Crippen LogP contribution in [0.15, 0.2) is 24.3 Å². The molecule has 1 amide bonds. The molecule has 0 radical (unpaired) electrons. The molecule has 1 aliphatic heterocycles. The number of halogens is 1. The van der Waals surface area contributed by atoms with Gasteiger partial charge in [0.2, 0.25) is 15.9 Å². The molecule has 0 spiro atoms. The summed E-state index contributed by atoms with van der Waals surface area (Å²) in [5.41, 5.74) is 0. The second-order valence-electron chi connectivity index (χ2n) is 6.08. The molecular weight excluding hydrogens is 366 g/mol. The summed E-state index contributed by atoms with van der Waals surface area (Å²) in [6, 6.07) is 7.13. The van der Waals surface area contributed by atoms with E-state index in [4.69, 9.17) is 16.3 Å². The minimum atomic E-state index is -3.18. The zero-order valence-corrected chi connectivity index (χ0v) is 16.1. The van der Waals surface area contributed by atoms with Crippen LogP contribution in [0.3, 0.4) is 0 Å². The van der Waals surface area contributed by atoms with Crippen LogP contribution in [0.2, 0.25) is 5.02 Å². The number of nitrogens with zero attached hydrogens (tertiary/aromatic N) is 3. The van der Waals surface area contributed by atoms with E-state index in [2.05, 4.69) is 0 Å². The SMILES string of the molecule is CN(CCOc1ccc(Cl)cc1)CC(=O)N1CCN(S(C)(=O)=O)CC1. The first-order chi connectivity index (χ1) is 11.8. The van der Waals surface area contributed by atoms with Gasteiger partial charge >= 0.3 is 0 Å². The van der Waals surface area contributed by atoms with Crippen LogP contribution in [0, 0.1) is 0 Å². The van der Waals surface area contributed by atoms with E-state index in [9.17, 15) is 13.2 Å². The van der Waals surface area contributed by atoms with Gasteiger partial charge in [-0.05, 0) is 31.3 Å². The largest absolute Gasteiger partial charge is 0.492 e. The molecular formula is C16H24ClN3O4S. The van der Waals surface area contributed by atoms with E-state index in [1.165, 1.54) is 10.6 Å². The predicted molar refractivity (Wildman–Crippen MR) is 97.4 cm³/mol. The summed E-state index contributed by atoms with van der Waals surface area (Å²) in [4.78, 5) is 15.9. The van der Waals surface area contributed by atoms with Crippen LogP contribution in [-0.4, -0.2) is 87.6 Å². The molecule has 1 aromatic rings. The highest BCUT2D eigenvalue weighted by atomic mass is 35.5. The summed E-state index contributed by atoms with van der Waals surface area (Å²) in [6.07, 6.45) is 1.19. The standard InChI is InChI=1S/C16H24ClN3O4S/c1-18(11-12-24-15-5-3-14(17)4-6-15)13-16(21)19-7-9-20(10-8-19)25(2,22)23/h3-6H,7-13H2,1-2H3. The van der Waals surface area contributed by atoms with Crippen molar-refractivity contribution in [2.75, 3.05) is 59.2 Å². The van der Waals surface area contributed by atoms with E-state index in [-0.39, 0.29) is 12.5 Å². The molecule has 0 aliphatic carbocycles. The summed E-state index contributed by atoms with van der Waals surface area (Å²) in [5, 5.41) is 0.658. The molecule has 9 heteroatoms. The van der Waals surface area contributed by atoms with Gasteiger partial charge in [0.1, 0.15) is 12.4 Å². The first-order valence-electron chi connectivity index (χ1n) is 8.05. The van der Waals surface area contributed by atoms with Crippen molar-refractivity contribution >= 4 is 27.5 Å². The summed E-state index contributed by atoms with van der Waals surface area (Å²) in [6.45, 7) is 2.93. The van der Waals surface area contributed by atoms with Crippen molar-refractivity contribution in [2.45, 2.75) is 0 Å². The molecule has 0 atom stereocenters. The van der Waals surface area contributed by atoms with Crippen LogP contribution in [0.5, 0.6) is 5.75 Å². The fourth-order valence-corrected chi connectivity index (χ4v) is 3.48. The average molecular weight is 390 g/mol. The first kappa shape index (κ1) is 20.0. The smallest absolute Gasteiger partial charge is 0.236 e. The van der Waals surface area contributed by atoms with Gasteiger partial charge in [-0.1, -0.05) is 11.6 Å². The Morgan fingerprint density at radius 1 is 1.20 bits per heavy atom. The summed E-state index contributed by atoms with van der Waals surface area (Å²) in [7, 11) is -1.32. The molecule has 1 fully saturated rings. The third-order valence-electron chi connectivity index (χ3n) is 4.02. The first-order valence-corrected chi connectivity index (χ1v) is 10.3. The number of carbonyl (C=O) groups is 1. The number of rotatable bonds is 7. The monoisotopic (exact) mass is 389 g/mol. The molecule has 1 heterocycles. The van der Waals surface area contributed by atoms with Gasteiger partial charge in [0, 0.05) is 37.7 Å². The minimum Gasteiger partial charge on any atom is -0.492 e. The number of piperazine rings is 1. The van der Waals surface area contributed by atoms with Gasteiger partial charge in [0.15, 0.2) is 0 Å². The van der Waals surface area contributed by atoms with Crippen molar-refractivity contribution in [3.63, 3.8) is 0 Å². The highest BCUT2D eigenvalue weighted by Crippen LogP contribution is 2.15. The fourth-order valence-electron chi connectivity index (χ4n) is 2.53. The second-order valence-corrected chi connectivity index (χ2v) is 8.50.